The number of tetrazole rings is 1. The Labute approximate surface area is 119 Å². The van der Waals surface area contributed by atoms with Crippen molar-refractivity contribution < 1.29 is 19.1 Å². The Kier molecular flexibility index (Phi) is 4.36. The average molecular weight is 292 g/mol. The number of benzene rings is 1. The molecule has 0 aliphatic rings. The molecule has 0 unspecified atom stereocenters. The monoisotopic (exact) mass is 292 g/mol. The standard InChI is InChI=1S/C13H13FN4O3/c1-8-6-9(2-3-10(8)14)11(19)7-18-12(15-16-17-18)4-5-13(20)21/h2-3,6H,4-5,7H2,1H3,(H,20,21). The van der Waals surface area contributed by atoms with Gasteiger partial charge in [-0.3, -0.25) is 9.59 Å². The van der Waals surface area contributed by atoms with Crippen molar-refractivity contribution >= 4 is 11.8 Å². The average Bonchev–Trinajstić information content (AvgIpc) is 2.86. The number of carbonyl (C=O) groups is 2. The van der Waals surface area contributed by atoms with Crippen LogP contribution in [0.25, 0.3) is 0 Å². The molecular weight excluding hydrogens is 279 g/mol. The molecule has 0 bridgehead atoms. The fourth-order valence-electron chi connectivity index (χ4n) is 1.79. The van der Waals surface area contributed by atoms with Gasteiger partial charge in [-0.1, -0.05) is 0 Å². The van der Waals surface area contributed by atoms with Gasteiger partial charge in [-0.15, -0.1) is 5.10 Å². The number of nitrogens with zero attached hydrogens (tertiary/aromatic N) is 4. The van der Waals surface area contributed by atoms with Crippen LogP contribution in [0, 0.1) is 12.7 Å². The van der Waals surface area contributed by atoms with Crippen LogP contribution >= 0.6 is 0 Å². The molecule has 1 aromatic carbocycles. The van der Waals surface area contributed by atoms with E-state index in [0.29, 0.717) is 17.0 Å². The molecule has 110 valence electrons. The molecule has 0 fully saturated rings. The van der Waals surface area contributed by atoms with Crippen molar-refractivity contribution in [3.05, 3.63) is 41.0 Å². The SMILES string of the molecule is Cc1cc(C(=O)Cn2nnnc2CCC(=O)O)ccc1F. The van der Waals surface area contributed by atoms with E-state index in [9.17, 15) is 14.0 Å². The van der Waals surface area contributed by atoms with Crippen LogP contribution in [0.4, 0.5) is 4.39 Å². The number of ketones is 1. The summed E-state index contributed by atoms with van der Waals surface area (Å²) in [6.07, 6.45) is 0.0161. The Balaban J connectivity index is 2.10. The van der Waals surface area contributed by atoms with Gasteiger partial charge in [0.25, 0.3) is 0 Å². The number of hydrogen-bond donors (Lipinski definition) is 1. The summed E-state index contributed by atoms with van der Waals surface area (Å²) in [4.78, 5) is 22.6. The van der Waals surface area contributed by atoms with E-state index in [1.54, 1.807) is 6.92 Å². The quantitative estimate of drug-likeness (QED) is 0.798. The number of aryl methyl sites for hydroxylation is 2. The van der Waals surface area contributed by atoms with E-state index < -0.39 is 5.97 Å². The molecule has 0 saturated carbocycles. The Hall–Kier alpha value is -2.64. The maximum atomic E-state index is 13.2. The summed E-state index contributed by atoms with van der Waals surface area (Å²) < 4.78 is 14.4. The number of aliphatic carboxylic acids is 1. The molecule has 0 saturated heterocycles. The first-order chi connectivity index (χ1) is 9.97. The van der Waals surface area contributed by atoms with Gasteiger partial charge >= 0.3 is 5.97 Å². The van der Waals surface area contributed by atoms with Gasteiger partial charge in [-0.2, -0.15) is 0 Å². The molecule has 0 atom stereocenters. The molecule has 0 aliphatic carbocycles. The third kappa shape index (κ3) is 3.68. The third-order valence-electron chi connectivity index (χ3n) is 2.94. The third-order valence-corrected chi connectivity index (χ3v) is 2.94. The van der Waals surface area contributed by atoms with E-state index in [4.69, 9.17) is 5.11 Å². The summed E-state index contributed by atoms with van der Waals surface area (Å²) in [6.45, 7) is 1.45. The molecule has 1 N–H and O–H groups in total. The predicted molar refractivity (Wildman–Crippen MR) is 69.2 cm³/mol. The molecule has 7 nitrogen and oxygen atoms in total. The molecule has 8 heteroatoms. The zero-order chi connectivity index (χ0) is 15.4. The molecule has 21 heavy (non-hydrogen) atoms. The molecule has 0 amide bonds. The van der Waals surface area contributed by atoms with Crippen molar-refractivity contribution in [2.75, 3.05) is 0 Å². The number of hydrogen-bond acceptors (Lipinski definition) is 5. The van der Waals surface area contributed by atoms with Crippen LogP contribution in [0.5, 0.6) is 0 Å². The number of Topliss-reactive ketones (excluding diaryl/α,β-unsaturated/α-hetero) is 1. The van der Waals surface area contributed by atoms with Gasteiger partial charge in [-0.25, -0.2) is 9.07 Å². The maximum absolute atomic E-state index is 13.2. The molecule has 0 spiro atoms. The zero-order valence-electron chi connectivity index (χ0n) is 11.3. The predicted octanol–water partition coefficient (Wildman–Crippen LogP) is 1.02. The summed E-state index contributed by atoms with van der Waals surface area (Å²) in [5.74, 6) is -1.30. The lowest BCUT2D eigenvalue weighted by Gasteiger charge is -2.05. The van der Waals surface area contributed by atoms with Crippen molar-refractivity contribution in [2.45, 2.75) is 26.3 Å². The summed E-state index contributed by atoms with van der Waals surface area (Å²) >= 11 is 0. The van der Waals surface area contributed by atoms with Crippen LogP contribution in [0.15, 0.2) is 18.2 Å². The van der Waals surface area contributed by atoms with E-state index in [2.05, 4.69) is 15.5 Å². The Morgan fingerprint density at radius 3 is 2.81 bits per heavy atom. The van der Waals surface area contributed by atoms with E-state index in [0.717, 1.165) is 0 Å². The summed E-state index contributed by atoms with van der Waals surface area (Å²) in [5, 5.41) is 19.4. The van der Waals surface area contributed by atoms with E-state index in [1.165, 1.54) is 22.9 Å². The van der Waals surface area contributed by atoms with Gasteiger partial charge in [0.05, 0.1) is 6.42 Å². The number of carbonyl (C=O) groups excluding carboxylic acids is 1. The van der Waals surface area contributed by atoms with Gasteiger partial charge in [0.2, 0.25) is 0 Å². The van der Waals surface area contributed by atoms with Crippen molar-refractivity contribution in [3.8, 4) is 0 Å². The minimum Gasteiger partial charge on any atom is -0.481 e. The van der Waals surface area contributed by atoms with Crippen molar-refractivity contribution in [2.24, 2.45) is 0 Å². The highest BCUT2D eigenvalue weighted by Gasteiger charge is 2.14. The normalized spacial score (nSPS) is 10.6. The molecule has 1 aromatic heterocycles. The smallest absolute Gasteiger partial charge is 0.303 e. The minimum absolute atomic E-state index is 0.118. The van der Waals surface area contributed by atoms with Gasteiger partial charge < -0.3 is 5.11 Å². The fraction of sp³-hybridized carbons (Fsp3) is 0.308. The highest BCUT2D eigenvalue weighted by Crippen LogP contribution is 2.11. The van der Waals surface area contributed by atoms with Crippen LogP contribution < -0.4 is 0 Å². The van der Waals surface area contributed by atoms with Crippen molar-refractivity contribution in [3.63, 3.8) is 0 Å². The van der Waals surface area contributed by atoms with Gasteiger partial charge in [0.1, 0.15) is 12.4 Å². The lowest BCUT2D eigenvalue weighted by molar-refractivity contribution is -0.137. The van der Waals surface area contributed by atoms with Crippen LogP contribution in [-0.2, 0) is 17.8 Å². The second kappa shape index (κ2) is 6.21. The van der Waals surface area contributed by atoms with Gasteiger partial charge in [-0.05, 0) is 41.1 Å². The number of rotatable bonds is 6. The lowest BCUT2D eigenvalue weighted by Crippen LogP contribution is -2.15. The highest BCUT2D eigenvalue weighted by atomic mass is 19.1. The van der Waals surface area contributed by atoms with Crippen LogP contribution in [0.3, 0.4) is 0 Å². The number of aromatic nitrogens is 4. The van der Waals surface area contributed by atoms with E-state index in [-0.39, 0.29) is 31.0 Å². The van der Waals surface area contributed by atoms with Crippen molar-refractivity contribution in [1.29, 1.82) is 0 Å². The largest absolute Gasteiger partial charge is 0.481 e. The zero-order valence-corrected chi connectivity index (χ0v) is 11.3. The number of carboxylic acids is 1. The fourth-order valence-corrected chi connectivity index (χ4v) is 1.79. The van der Waals surface area contributed by atoms with Crippen LogP contribution in [0.1, 0.15) is 28.2 Å². The van der Waals surface area contributed by atoms with Gasteiger partial charge in [0, 0.05) is 12.0 Å². The molecule has 1 heterocycles. The first kappa shape index (κ1) is 14.8. The van der Waals surface area contributed by atoms with Crippen LogP contribution in [0.2, 0.25) is 0 Å². The molecular formula is C13H13FN4O3. The molecule has 0 aliphatic heterocycles. The Morgan fingerprint density at radius 1 is 1.38 bits per heavy atom. The summed E-state index contributed by atoms with van der Waals surface area (Å²) in [5.41, 5.74) is 0.734. The Bertz CT molecular complexity index is 684. The topological polar surface area (TPSA) is 98.0 Å². The first-order valence-corrected chi connectivity index (χ1v) is 6.23. The second-order valence-electron chi connectivity index (χ2n) is 4.53. The lowest BCUT2D eigenvalue weighted by atomic mass is 10.1. The second-order valence-corrected chi connectivity index (χ2v) is 4.53. The van der Waals surface area contributed by atoms with Gasteiger partial charge in [0.15, 0.2) is 11.6 Å². The number of halogens is 1. The number of carboxylic acid groups (broad SMARTS) is 1. The minimum atomic E-state index is -0.968. The van der Waals surface area contributed by atoms with Crippen LogP contribution in [-0.4, -0.2) is 37.1 Å². The molecule has 2 aromatic rings. The first-order valence-electron chi connectivity index (χ1n) is 6.23. The maximum Gasteiger partial charge on any atom is 0.303 e. The van der Waals surface area contributed by atoms with E-state index in [1.807, 2.05) is 0 Å². The summed E-state index contributed by atoms with van der Waals surface area (Å²) in [7, 11) is 0. The summed E-state index contributed by atoms with van der Waals surface area (Å²) in [6, 6.07) is 4.08. The Morgan fingerprint density at radius 2 is 2.14 bits per heavy atom. The van der Waals surface area contributed by atoms with Crippen molar-refractivity contribution in [1.82, 2.24) is 20.2 Å². The van der Waals surface area contributed by atoms with E-state index >= 15 is 0 Å². The molecule has 2 rings (SSSR count). The molecule has 0 radical (unpaired) electrons. The highest BCUT2D eigenvalue weighted by molar-refractivity contribution is 5.96.